The Morgan fingerprint density at radius 1 is 1.03 bits per heavy atom. The van der Waals surface area contributed by atoms with E-state index in [0.29, 0.717) is 17.4 Å². The fourth-order valence-corrected chi connectivity index (χ4v) is 3.82. The molecule has 0 fully saturated rings. The summed E-state index contributed by atoms with van der Waals surface area (Å²) in [5, 5.41) is 3.82. The first-order valence-corrected chi connectivity index (χ1v) is 9.83. The molecular weight excluding hydrogens is 404 g/mol. The molecule has 4 rings (SSSR count). The lowest BCUT2D eigenvalue weighted by Crippen LogP contribution is -2.16. The Morgan fingerprint density at radius 3 is 2.62 bits per heavy atom. The number of sulfonamides is 1. The first-order chi connectivity index (χ1) is 13.9. The zero-order chi connectivity index (χ0) is 20.4. The topological polar surface area (TPSA) is 98.2 Å². The molecule has 0 aliphatic heterocycles. The molecule has 0 aliphatic carbocycles. The summed E-state index contributed by atoms with van der Waals surface area (Å²) in [5.74, 6) is -1.13. The molecule has 2 aromatic carbocycles. The summed E-state index contributed by atoms with van der Waals surface area (Å²) in [6.45, 7) is 0. The molecule has 0 saturated carbocycles. The number of para-hydroxylation sites is 1. The summed E-state index contributed by atoms with van der Waals surface area (Å²) in [7, 11) is -4.28. The maximum Gasteiger partial charge on any atom is 0.264 e. The first-order valence-electron chi connectivity index (χ1n) is 8.34. The molecule has 0 atom stereocenters. The van der Waals surface area contributed by atoms with Gasteiger partial charge in [-0.1, -0.05) is 23.4 Å². The van der Waals surface area contributed by atoms with Gasteiger partial charge in [0.25, 0.3) is 10.0 Å². The van der Waals surface area contributed by atoms with Gasteiger partial charge in [0.05, 0.1) is 18.4 Å². The quantitative estimate of drug-likeness (QED) is 0.509. The van der Waals surface area contributed by atoms with Gasteiger partial charge in [0.2, 0.25) is 11.7 Å². The second-order valence-electron chi connectivity index (χ2n) is 6.00. The Hall–Kier alpha value is -3.53. The number of benzene rings is 2. The largest absolute Gasteiger partial charge is 0.461 e. The van der Waals surface area contributed by atoms with Crippen LogP contribution in [0.3, 0.4) is 0 Å². The second-order valence-corrected chi connectivity index (χ2v) is 7.65. The van der Waals surface area contributed by atoms with E-state index < -0.39 is 26.6 Å². The van der Waals surface area contributed by atoms with Crippen LogP contribution in [-0.4, -0.2) is 18.6 Å². The van der Waals surface area contributed by atoms with Crippen molar-refractivity contribution in [3.05, 3.63) is 83.9 Å². The van der Waals surface area contributed by atoms with E-state index in [-0.39, 0.29) is 23.8 Å². The average molecular weight is 417 g/mol. The van der Waals surface area contributed by atoms with Gasteiger partial charge >= 0.3 is 0 Å². The summed E-state index contributed by atoms with van der Waals surface area (Å²) in [6.07, 6.45) is 1.60. The number of nitrogens with one attached hydrogen (secondary N) is 1. The van der Waals surface area contributed by atoms with Crippen molar-refractivity contribution in [2.75, 3.05) is 4.72 Å². The maximum atomic E-state index is 13.9. The summed E-state index contributed by atoms with van der Waals surface area (Å²) in [5.41, 5.74) is 0.724. The highest BCUT2D eigenvalue weighted by Gasteiger charge is 2.21. The van der Waals surface area contributed by atoms with Gasteiger partial charge in [-0.25, -0.2) is 17.2 Å². The van der Waals surface area contributed by atoms with E-state index in [1.54, 1.807) is 30.3 Å². The van der Waals surface area contributed by atoms with Gasteiger partial charge in [-0.2, -0.15) is 4.98 Å². The van der Waals surface area contributed by atoms with Crippen LogP contribution in [0.2, 0.25) is 0 Å². The van der Waals surface area contributed by atoms with Crippen LogP contribution in [0.25, 0.3) is 11.6 Å². The number of aromatic nitrogens is 2. The zero-order valence-electron chi connectivity index (χ0n) is 14.7. The second kappa shape index (κ2) is 7.47. The van der Waals surface area contributed by atoms with E-state index in [1.807, 2.05) is 0 Å². The highest BCUT2D eigenvalue weighted by Crippen LogP contribution is 2.25. The average Bonchev–Trinajstić information content (AvgIpc) is 3.34. The zero-order valence-corrected chi connectivity index (χ0v) is 15.5. The van der Waals surface area contributed by atoms with Crippen molar-refractivity contribution in [2.24, 2.45) is 0 Å². The SMILES string of the molecule is O=S(=O)(Nc1ccccc1Cc1nc(-c2ccco2)no1)c1ccc(F)cc1F. The summed E-state index contributed by atoms with van der Waals surface area (Å²) < 4.78 is 64.9. The van der Waals surface area contributed by atoms with Crippen LogP contribution in [0.5, 0.6) is 0 Å². The number of halogens is 2. The molecule has 4 aromatic rings. The fraction of sp³-hybridized carbons (Fsp3) is 0.0526. The van der Waals surface area contributed by atoms with E-state index in [1.165, 1.54) is 12.3 Å². The first kappa shape index (κ1) is 18.8. The molecule has 0 bridgehead atoms. The van der Waals surface area contributed by atoms with E-state index >= 15 is 0 Å². The molecule has 0 radical (unpaired) electrons. The minimum Gasteiger partial charge on any atom is -0.461 e. The van der Waals surface area contributed by atoms with Crippen molar-refractivity contribution in [2.45, 2.75) is 11.3 Å². The summed E-state index contributed by atoms with van der Waals surface area (Å²) in [4.78, 5) is 3.56. The van der Waals surface area contributed by atoms with Crippen molar-refractivity contribution >= 4 is 15.7 Å². The number of nitrogens with zero attached hydrogens (tertiary/aromatic N) is 2. The van der Waals surface area contributed by atoms with Crippen LogP contribution in [0.15, 0.2) is 74.7 Å². The minimum absolute atomic E-state index is 0.123. The molecular formula is C19H13F2N3O4S. The third-order valence-corrected chi connectivity index (χ3v) is 5.40. The number of hydrogen-bond acceptors (Lipinski definition) is 6. The Balaban J connectivity index is 1.60. The third-order valence-electron chi connectivity index (χ3n) is 4.00. The molecule has 29 heavy (non-hydrogen) atoms. The van der Waals surface area contributed by atoms with Gasteiger partial charge in [-0.15, -0.1) is 0 Å². The molecule has 0 unspecified atom stereocenters. The van der Waals surface area contributed by atoms with Gasteiger partial charge in [0, 0.05) is 6.07 Å². The van der Waals surface area contributed by atoms with Gasteiger partial charge in [0.15, 0.2) is 5.76 Å². The van der Waals surface area contributed by atoms with E-state index in [2.05, 4.69) is 14.9 Å². The Labute approximate surface area is 164 Å². The predicted molar refractivity (Wildman–Crippen MR) is 98.4 cm³/mol. The van der Waals surface area contributed by atoms with E-state index in [0.717, 1.165) is 12.1 Å². The lowest BCUT2D eigenvalue weighted by atomic mass is 10.1. The van der Waals surface area contributed by atoms with E-state index in [9.17, 15) is 17.2 Å². The number of anilines is 1. The fourth-order valence-electron chi connectivity index (χ4n) is 2.66. The summed E-state index contributed by atoms with van der Waals surface area (Å²) >= 11 is 0. The molecule has 0 aliphatic rings. The molecule has 2 heterocycles. The number of rotatable bonds is 6. The molecule has 1 N–H and O–H groups in total. The smallest absolute Gasteiger partial charge is 0.264 e. The molecule has 0 spiro atoms. The highest BCUT2D eigenvalue weighted by atomic mass is 32.2. The van der Waals surface area contributed by atoms with Crippen LogP contribution < -0.4 is 4.72 Å². The molecule has 2 aromatic heterocycles. The molecule has 7 nitrogen and oxygen atoms in total. The van der Waals surface area contributed by atoms with Gasteiger partial charge in [-0.3, -0.25) is 4.72 Å². The van der Waals surface area contributed by atoms with Crippen LogP contribution >= 0.6 is 0 Å². The van der Waals surface area contributed by atoms with Crippen molar-refractivity contribution in [1.29, 1.82) is 0 Å². The highest BCUT2D eigenvalue weighted by molar-refractivity contribution is 7.92. The predicted octanol–water partition coefficient (Wildman–Crippen LogP) is 4.00. The van der Waals surface area contributed by atoms with E-state index in [4.69, 9.17) is 8.94 Å². The van der Waals surface area contributed by atoms with Crippen molar-refractivity contribution in [1.82, 2.24) is 10.1 Å². The monoisotopic (exact) mass is 417 g/mol. The normalized spacial score (nSPS) is 11.5. The number of hydrogen-bond donors (Lipinski definition) is 1. The van der Waals surface area contributed by atoms with Crippen molar-refractivity contribution < 1.29 is 26.1 Å². The molecule has 10 heteroatoms. The lowest BCUT2D eigenvalue weighted by molar-refractivity contribution is 0.384. The van der Waals surface area contributed by atoms with Crippen LogP contribution in [0.1, 0.15) is 11.5 Å². The maximum absolute atomic E-state index is 13.9. The minimum atomic E-state index is -4.28. The lowest BCUT2D eigenvalue weighted by Gasteiger charge is -2.12. The molecule has 0 saturated heterocycles. The summed E-state index contributed by atoms with van der Waals surface area (Å²) in [6, 6.07) is 12.1. The molecule has 0 amide bonds. The van der Waals surface area contributed by atoms with Crippen molar-refractivity contribution in [3.63, 3.8) is 0 Å². The van der Waals surface area contributed by atoms with Crippen molar-refractivity contribution in [3.8, 4) is 11.6 Å². The van der Waals surface area contributed by atoms with Crippen LogP contribution in [0, 0.1) is 11.6 Å². The van der Waals surface area contributed by atoms with Gasteiger partial charge < -0.3 is 8.94 Å². The Bertz CT molecular complexity index is 1250. The van der Waals surface area contributed by atoms with Crippen LogP contribution in [0.4, 0.5) is 14.5 Å². The Morgan fingerprint density at radius 2 is 1.86 bits per heavy atom. The van der Waals surface area contributed by atoms with Gasteiger partial charge in [0.1, 0.15) is 16.5 Å². The standard InChI is InChI=1S/C19H13F2N3O4S/c20-13-7-8-17(14(21)11-13)29(25,26)24-15-5-2-1-4-12(15)10-18-22-19(23-28-18)16-6-3-9-27-16/h1-9,11,24H,10H2. The van der Waals surface area contributed by atoms with Gasteiger partial charge in [-0.05, 0) is 35.9 Å². The van der Waals surface area contributed by atoms with Crippen LogP contribution in [-0.2, 0) is 16.4 Å². The number of furan rings is 1. The Kier molecular flexibility index (Phi) is 4.85. The molecule has 148 valence electrons. The third kappa shape index (κ3) is 4.02.